The molecule has 3 heteroatoms. The van der Waals surface area contributed by atoms with E-state index < -0.39 is 8.32 Å². The second-order valence-electron chi connectivity index (χ2n) is 3.68. The Morgan fingerprint density at radius 3 is 2.29 bits per heavy atom. The van der Waals surface area contributed by atoms with Crippen molar-refractivity contribution in [1.29, 1.82) is 0 Å². The zero-order chi connectivity index (χ0) is 10.6. The van der Waals surface area contributed by atoms with Crippen LogP contribution in [-0.4, -0.2) is 21.2 Å². The third kappa shape index (κ3) is 2.53. The van der Waals surface area contributed by atoms with Gasteiger partial charge in [0.15, 0.2) is 0 Å². The first kappa shape index (κ1) is 11.1. The number of carbonyl (C=O) groups is 1. The molecule has 0 saturated carbocycles. The highest BCUT2D eigenvalue weighted by molar-refractivity contribution is 6.84. The molecule has 0 unspecified atom stereocenters. The Bertz CT molecular complexity index is 304. The zero-order valence-corrected chi connectivity index (χ0v) is 9.91. The van der Waals surface area contributed by atoms with E-state index >= 15 is 0 Å². The minimum Gasteiger partial charge on any atom is -0.413 e. The molecule has 0 amide bonds. The van der Waals surface area contributed by atoms with Crippen molar-refractivity contribution in [2.45, 2.75) is 20.0 Å². The average molecular weight is 208 g/mol. The van der Waals surface area contributed by atoms with Crippen molar-refractivity contribution >= 4 is 19.8 Å². The Balaban J connectivity index is 2.90. The highest BCUT2D eigenvalue weighted by Gasteiger charge is 2.24. The smallest absolute Gasteiger partial charge is 0.218 e. The number of hydrogen-bond donors (Lipinski definition) is 0. The van der Waals surface area contributed by atoms with Gasteiger partial charge >= 0.3 is 0 Å². The van der Waals surface area contributed by atoms with Gasteiger partial charge in [0.2, 0.25) is 8.32 Å². The maximum atomic E-state index is 10.5. The van der Waals surface area contributed by atoms with Crippen LogP contribution >= 0.6 is 0 Å². The molecule has 14 heavy (non-hydrogen) atoms. The van der Waals surface area contributed by atoms with Gasteiger partial charge in [0.25, 0.3) is 0 Å². The van der Waals surface area contributed by atoms with Crippen molar-refractivity contribution in [2.75, 3.05) is 6.61 Å². The molecule has 0 aliphatic heterocycles. The lowest BCUT2D eigenvalue weighted by atomic mass is 10.2. The van der Waals surface area contributed by atoms with Crippen molar-refractivity contribution in [3.63, 3.8) is 0 Å². The van der Waals surface area contributed by atoms with Crippen molar-refractivity contribution in [1.82, 2.24) is 0 Å². The van der Waals surface area contributed by atoms with Gasteiger partial charge in [-0.05, 0) is 25.2 Å². The Hall–Kier alpha value is -0.933. The molecule has 0 saturated heterocycles. The Morgan fingerprint density at radius 1 is 1.29 bits per heavy atom. The average Bonchev–Trinajstić information content (AvgIpc) is 2.18. The van der Waals surface area contributed by atoms with Gasteiger partial charge in [-0.1, -0.05) is 24.3 Å². The number of aldehydes is 1. The zero-order valence-electron chi connectivity index (χ0n) is 8.91. The minimum atomic E-state index is -1.73. The molecule has 0 aliphatic carbocycles. The number of benzene rings is 1. The summed E-state index contributed by atoms with van der Waals surface area (Å²) in [5.74, 6) is 0. The summed E-state index contributed by atoms with van der Waals surface area (Å²) in [4.78, 5) is 10.5. The summed E-state index contributed by atoms with van der Waals surface area (Å²) in [5, 5.41) is 1.23. The third-order valence-corrected chi connectivity index (χ3v) is 4.98. The molecule has 1 aromatic carbocycles. The van der Waals surface area contributed by atoms with Crippen molar-refractivity contribution in [3.05, 3.63) is 29.8 Å². The summed E-state index contributed by atoms with van der Waals surface area (Å²) in [6.07, 6.45) is 0.860. The van der Waals surface area contributed by atoms with Crippen LogP contribution in [-0.2, 0) is 4.43 Å². The lowest BCUT2D eigenvalue weighted by molar-refractivity contribution is 0.112. The fourth-order valence-corrected chi connectivity index (χ4v) is 3.27. The second kappa shape index (κ2) is 4.53. The molecule has 2 nitrogen and oxygen atoms in total. The molecule has 0 spiro atoms. The fraction of sp³-hybridized carbons (Fsp3) is 0.364. The molecular formula is C11H16O2Si. The molecular weight excluding hydrogens is 192 g/mol. The Labute approximate surface area is 86.0 Å². The topological polar surface area (TPSA) is 26.3 Å². The van der Waals surface area contributed by atoms with Crippen LogP contribution in [0.3, 0.4) is 0 Å². The molecule has 0 radical (unpaired) electrons. The SMILES string of the molecule is CCO[Si](C)(C)c1ccc(C=O)cc1. The van der Waals surface area contributed by atoms with Crippen LogP contribution in [0.4, 0.5) is 0 Å². The van der Waals surface area contributed by atoms with Gasteiger partial charge in [0.1, 0.15) is 6.29 Å². The monoisotopic (exact) mass is 208 g/mol. The van der Waals surface area contributed by atoms with Gasteiger partial charge in [-0.25, -0.2) is 0 Å². The van der Waals surface area contributed by atoms with E-state index in [9.17, 15) is 4.79 Å². The quantitative estimate of drug-likeness (QED) is 0.558. The van der Waals surface area contributed by atoms with Crippen LogP contribution in [0.1, 0.15) is 17.3 Å². The molecule has 1 aromatic rings. The molecule has 0 N–H and O–H groups in total. The predicted octanol–water partition coefficient (Wildman–Crippen LogP) is 1.95. The first-order chi connectivity index (χ1) is 6.60. The second-order valence-corrected chi connectivity index (χ2v) is 7.57. The van der Waals surface area contributed by atoms with E-state index in [-0.39, 0.29) is 0 Å². The van der Waals surface area contributed by atoms with Gasteiger partial charge in [-0.2, -0.15) is 0 Å². The molecule has 0 aliphatic rings. The van der Waals surface area contributed by atoms with Crippen LogP contribution in [0.5, 0.6) is 0 Å². The van der Waals surface area contributed by atoms with Gasteiger partial charge in [0.05, 0.1) is 0 Å². The maximum absolute atomic E-state index is 10.5. The van der Waals surface area contributed by atoms with E-state index in [1.54, 1.807) is 0 Å². The van der Waals surface area contributed by atoms with Gasteiger partial charge in [0, 0.05) is 12.2 Å². The first-order valence-corrected chi connectivity index (χ1v) is 7.70. The minimum absolute atomic E-state index is 0.718. The largest absolute Gasteiger partial charge is 0.413 e. The third-order valence-electron chi connectivity index (χ3n) is 2.25. The lowest BCUT2D eigenvalue weighted by Crippen LogP contribution is -2.44. The standard InChI is InChI=1S/C11H16O2Si/c1-4-13-14(2,3)11-7-5-10(9-12)6-8-11/h5-9H,4H2,1-3H3. The van der Waals surface area contributed by atoms with E-state index in [2.05, 4.69) is 13.1 Å². The van der Waals surface area contributed by atoms with Crippen molar-refractivity contribution in [3.8, 4) is 0 Å². The van der Waals surface area contributed by atoms with E-state index in [0.717, 1.165) is 18.5 Å². The van der Waals surface area contributed by atoms with Gasteiger partial charge in [-0.15, -0.1) is 0 Å². The molecule has 76 valence electrons. The molecule has 1 rings (SSSR count). The number of carbonyl (C=O) groups excluding carboxylic acids is 1. The van der Waals surface area contributed by atoms with Crippen LogP contribution in [0.2, 0.25) is 13.1 Å². The first-order valence-electron chi connectivity index (χ1n) is 4.80. The van der Waals surface area contributed by atoms with E-state index in [1.165, 1.54) is 5.19 Å². The number of hydrogen-bond acceptors (Lipinski definition) is 2. The van der Waals surface area contributed by atoms with Gasteiger partial charge in [-0.3, -0.25) is 4.79 Å². The summed E-state index contributed by atoms with van der Waals surface area (Å²) in [6, 6.07) is 7.67. The maximum Gasteiger partial charge on any atom is 0.218 e. The summed E-state index contributed by atoms with van der Waals surface area (Å²) < 4.78 is 5.74. The summed E-state index contributed by atoms with van der Waals surface area (Å²) >= 11 is 0. The summed E-state index contributed by atoms with van der Waals surface area (Å²) in [6.45, 7) is 7.07. The van der Waals surface area contributed by atoms with Crippen molar-refractivity contribution in [2.24, 2.45) is 0 Å². The highest BCUT2D eigenvalue weighted by Crippen LogP contribution is 2.05. The van der Waals surface area contributed by atoms with Gasteiger partial charge < -0.3 is 4.43 Å². The van der Waals surface area contributed by atoms with Crippen molar-refractivity contribution < 1.29 is 9.22 Å². The van der Waals surface area contributed by atoms with Crippen LogP contribution in [0.25, 0.3) is 0 Å². The Morgan fingerprint density at radius 2 is 1.86 bits per heavy atom. The summed E-state index contributed by atoms with van der Waals surface area (Å²) in [7, 11) is -1.73. The predicted molar refractivity (Wildman–Crippen MR) is 60.6 cm³/mol. The van der Waals surface area contributed by atoms with Crippen LogP contribution in [0.15, 0.2) is 24.3 Å². The molecule has 0 heterocycles. The summed E-state index contributed by atoms with van der Waals surface area (Å²) in [5.41, 5.74) is 0.718. The van der Waals surface area contributed by atoms with Crippen LogP contribution < -0.4 is 5.19 Å². The van der Waals surface area contributed by atoms with Crippen LogP contribution in [0, 0.1) is 0 Å². The Kier molecular flexibility index (Phi) is 3.60. The molecule has 0 fully saturated rings. The van der Waals surface area contributed by atoms with E-state index in [0.29, 0.717) is 0 Å². The molecule has 0 aromatic heterocycles. The molecule has 0 atom stereocenters. The number of rotatable bonds is 4. The molecule has 0 bridgehead atoms. The van der Waals surface area contributed by atoms with E-state index in [4.69, 9.17) is 4.43 Å². The lowest BCUT2D eigenvalue weighted by Gasteiger charge is -2.22. The van der Waals surface area contributed by atoms with E-state index in [1.807, 2.05) is 31.2 Å². The highest BCUT2D eigenvalue weighted by atomic mass is 28.4. The fourth-order valence-electron chi connectivity index (χ4n) is 1.41. The normalized spacial score (nSPS) is 11.4.